The van der Waals surface area contributed by atoms with Crippen molar-refractivity contribution in [3.8, 4) is 51.7 Å². The lowest BCUT2D eigenvalue weighted by Gasteiger charge is -2.36. The Morgan fingerprint density at radius 1 is 0.469 bits per heavy atom. The average Bonchev–Trinajstić information content (AvgIpc) is 3.61. The highest BCUT2D eigenvalue weighted by Crippen LogP contribution is 2.57. The summed E-state index contributed by atoms with van der Waals surface area (Å²) in [7, 11) is 1.41. The average molecular weight is 859 g/mol. The fourth-order valence-electron chi connectivity index (χ4n) is 8.77. The van der Waals surface area contributed by atoms with E-state index in [4.69, 9.17) is 18.9 Å². The van der Waals surface area contributed by atoms with Crippen LogP contribution in [-0.2, 0) is 19.2 Å². The molecule has 0 bridgehead atoms. The molecule has 5 aromatic carbocycles. The second kappa shape index (κ2) is 20.1. The Morgan fingerprint density at radius 3 is 1.36 bits per heavy atom. The molecular formula is C54H54N2O8. The van der Waals surface area contributed by atoms with Crippen LogP contribution < -0.4 is 23.8 Å². The summed E-state index contributed by atoms with van der Waals surface area (Å²) >= 11 is 0. The van der Waals surface area contributed by atoms with Crippen molar-refractivity contribution in [3.05, 3.63) is 132 Å². The summed E-state index contributed by atoms with van der Waals surface area (Å²) < 4.78 is 24.0. The second-order valence-electron chi connectivity index (χ2n) is 16.8. The zero-order valence-electron chi connectivity index (χ0n) is 36.7. The zero-order valence-corrected chi connectivity index (χ0v) is 36.7. The maximum atomic E-state index is 13.3. The number of fused-ring (bicyclic) bond motifs is 4. The molecule has 0 radical (unpaired) electrons. The highest BCUT2D eigenvalue weighted by atomic mass is 16.5. The van der Waals surface area contributed by atoms with E-state index in [1.807, 2.05) is 85.8 Å². The predicted octanol–water partition coefficient (Wildman–Crippen LogP) is 10.2. The molecule has 4 amide bonds. The van der Waals surface area contributed by atoms with Crippen LogP contribution in [0.2, 0.25) is 0 Å². The van der Waals surface area contributed by atoms with E-state index in [2.05, 4.69) is 43.0 Å². The monoisotopic (exact) mass is 858 g/mol. The number of hydrogen-bond acceptors (Lipinski definition) is 8. The van der Waals surface area contributed by atoms with Crippen LogP contribution >= 0.6 is 0 Å². The van der Waals surface area contributed by atoms with Crippen LogP contribution in [0.1, 0.15) is 75.0 Å². The summed E-state index contributed by atoms with van der Waals surface area (Å²) in [5, 5.41) is 0. The molecule has 3 aliphatic rings. The number of anilines is 1. The molecule has 4 atom stereocenters. The Bertz CT molecular complexity index is 2480. The zero-order chi connectivity index (χ0) is 44.6. The molecule has 8 rings (SSSR count). The van der Waals surface area contributed by atoms with Crippen molar-refractivity contribution in [2.24, 2.45) is 23.7 Å². The molecule has 3 fully saturated rings. The van der Waals surface area contributed by atoms with E-state index in [1.54, 1.807) is 12.1 Å². The Morgan fingerprint density at radius 2 is 0.875 bits per heavy atom. The van der Waals surface area contributed by atoms with Crippen LogP contribution in [-0.4, -0.2) is 55.4 Å². The van der Waals surface area contributed by atoms with E-state index < -0.39 is 35.5 Å². The van der Waals surface area contributed by atoms with Gasteiger partial charge in [0.05, 0.1) is 49.2 Å². The number of nitrogens with zero attached hydrogens (tertiary/aromatic N) is 2. The molecule has 2 saturated heterocycles. The molecule has 10 nitrogen and oxygen atoms in total. The van der Waals surface area contributed by atoms with Gasteiger partial charge < -0.3 is 18.9 Å². The van der Waals surface area contributed by atoms with Crippen molar-refractivity contribution in [2.75, 3.05) is 31.8 Å². The molecule has 64 heavy (non-hydrogen) atoms. The van der Waals surface area contributed by atoms with Gasteiger partial charge in [-0.05, 0) is 141 Å². The van der Waals surface area contributed by atoms with Gasteiger partial charge in [0.25, 0.3) is 0 Å². The van der Waals surface area contributed by atoms with E-state index in [9.17, 15) is 19.2 Å². The van der Waals surface area contributed by atoms with E-state index >= 15 is 0 Å². The lowest BCUT2D eigenvalue weighted by atomic mass is 9.59. The molecule has 0 aromatic heterocycles. The van der Waals surface area contributed by atoms with Gasteiger partial charge in [-0.2, -0.15) is 0 Å². The fourth-order valence-corrected chi connectivity index (χ4v) is 8.77. The summed E-state index contributed by atoms with van der Waals surface area (Å²) in [6, 6.07) is 37.2. The Hall–Kier alpha value is -6.86. The first-order valence-corrected chi connectivity index (χ1v) is 22.5. The Balaban J connectivity index is 0.715. The highest BCUT2D eigenvalue weighted by Gasteiger charge is 2.73. The summed E-state index contributed by atoms with van der Waals surface area (Å²) in [6.07, 6.45) is 8.43. The molecule has 2 aliphatic heterocycles. The van der Waals surface area contributed by atoms with Crippen molar-refractivity contribution in [1.29, 1.82) is 0 Å². The molecule has 328 valence electrons. The quantitative estimate of drug-likeness (QED) is 0.0459. The number of likely N-dealkylation sites (tertiary alicyclic amines) is 1. The SMILES string of the molecule is CCCCCCOc1ccc(-c2ccc(Oc3ccc(C#Cc4ccc(OCCCCCCOc5cc(C)cc(N6C(=O)C7C8C(=O)N(C)C(=O)C8C7C6=O)c5)cc4)cc3)cc2)cc1. The predicted molar refractivity (Wildman–Crippen MR) is 245 cm³/mol. The van der Waals surface area contributed by atoms with Gasteiger partial charge in [0.2, 0.25) is 23.6 Å². The highest BCUT2D eigenvalue weighted by molar-refractivity contribution is 6.27. The normalized spacial score (nSPS) is 18.5. The lowest BCUT2D eigenvalue weighted by Crippen LogP contribution is -2.50. The Labute approximate surface area is 375 Å². The number of rotatable bonds is 19. The third kappa shape index (κ3) is 9.84. The number of unbranched alkanes of at least 4 members (excludes halogenated alkanes) is 6. The lowest BCUT2D eigenvalue weighted by molar-refractivity contribution is -0.146. The molecule has 1 saturated carbocycles. The number of benzene rings is 5. The van der Waals surface area contributed by atoms with Gasteiger partial charge in [-0.15, -0.1) is 0 Å². The first-order valence-electron chi connectivity index (χ1n) is 22.5. The minimum atomic E-state index is -0.776. The van der Waals surface area contributed by atoms with Crippen LogP contribution in [0.25, 0.3) is 11.1 Å². The van der Waals surface area contributed by atoms with Gasteiger partial charge in [0.1, 0.15) is 28.7 Å². The molecule has 10 heteroatoms. The van der Waals surface area contributed by atoms with Gasteiger partial charge >= 0.3 is 0 Å². The molecule has 4 unspecified atom stereocenters. The number of ether oxygens (including phenoxy) is 4. The van der Waals surface area contributed by atoms with Crippen LogP contribution in [0.4, 0.5) is 5.69 Å². The first-order chi connectivity index (χ1) is 31.2. The van der Waals surface area contributed by atoms with Crippen LogP contribution in [0.15, 0.2) is 115 Å². The van der Waals surface area contributed by atoms with Crippen LogP contribution in [0.5, 0.6) is 28.7 Å². The number of carbonyl (C=O) groups excluding carboxylic acids is 4. The Kier molecular flexibility index (Phi) is 13.8. The summed E-state index contributed by atoms with van der Waals surface area (Å²) in [4.78, 5) is 54.0. The minimum absolute atomic E-state index is 0.378. The molecular weight excluding hydrogens is 805 g/mol. The van der Waals surface area contributed by atoms with E-state index in [0.29, 0.717) is 24.7 Å². The number of carbonyl (C=O) groups is 4. The van der Waals surface area contributed by atoms with Crippen molar-refractivity contribution < 1.29 is 38.1 Å². The maximum absolute atomic E-state index is 13.3. The number of imide groups is 2. The smallest absolute Gasteiger partial charge is 0.238 e. The third-order valence-corrected chi connectivity index (χ3v) is 12.3. The number of aryl methyl sites for hydroxylation is 1. The van der Waals surface area contributed by atoms with Gasteiger partial charge in [-0.25, -0.2) is 4.90 Å². The fraction of sp³-hybridized carbons (Fsp3) is 0.333. The maximum Gasteiger partial charge on any atom is 0.238 e. The standard InChI is InChI=1S/C54H54N2O8/c1-4-5-6-9-30-62-43-26-18-39(19-27-43)40-20-28-45(29-21-40)64-44-24-16-38(17-25-44)13-12-37-14-22-42(23-15-37)61-31-10-7-8-11-32-63-46-34-36(2)33-41(35-46)56-53(59)49-47-48(50(49)54(56)60)52(58)55(3)51(47)57/h14-29,33-35,47-50H,4-11,30-32H2,1-3H3. The van der Waals surface area contributed by atoms with Crippen molar-refractivity contribution in [1.82, 2.24) is 4.90 Å². The van der Waals surface area contributed by atoms with Gasteiger partial charge in [-0.3, -0.25) is 24.1 Å². The third-order valence-electron chi connectivity index (χ3n) is 12.3. The number of hydrogen-bond donors (Lipinski definition) is 0. The summed E-state index contributed by atoms with van der Waals surface area (Å²) in [5.41, 5.74) is 5.28. The van der Waals surface area contributed by atoms with Crippen molar-refractivity contribution in [2.45, 2.75) is 65.2 Å². The molecule has 1 aliphatic carbocycles. The molecule has 5 aromatic rings. The second-order valence-corrected chi connectivity index (χ2v) is 16.8. The van der Waals surface area contributed by atoms with Crippen molar-refractivity contribution >= 4 is 29.3 Å². The van der Waals surface area contributed by atoms with Crippen LogP contribution in [0.3, 0.4) is 0 Å². The van der Waals surface area contributed by atoms with E-state index in [1.165, 1.54) is 26.3 Å². The first kappa shape index (κ1) is 43.8. The molecule has 2 heterocycles. The van der Waals surface area contributed by atoms with E-state index in [0.717, 1.165) is 99.3 Å². The van der Waals surface area contributed by atoms with Crippen LogP contribution in [0, 0.1) is 42.4 Å². The largest absolute Gasteiger partial charge is 0.494 e. The van der Waals surface area contributed by atoms with Crippen molar-refractivity contribution in [3.63, 3.8) is 0 Å². The number of amides is 4. The molecule has 0 N–H and O–H groups in total. The topological polar surface area (TPSA) is 112 Å². The van der Waals surface area contributed by atoms with E-state index in [-0.39, 0.29) is 11.8 Å². The molecule has 0 spiro atoms. The van der Waals surface area contributed by atoms with Gasteiger partial charge in [0, 0.05) is 24.2 Å². The summed E-state index contributed by atoms with van der Waals surface area (Å²) in [6.45, 7) is 5.93. The summed E-state index contributed by atoms with van der Waals surface area (Å²) in [5.74, 6) is 5.60. The minimum Gasteiger partial charge on any atom is -0.494 e. The van der Waals surface area contributed by atoms with Gasteiger partial charge in [-0.1, -0.05) is 62.3 Å². The van der Waals surface area contributed by atoms with Gasteiger partial charge in [0.15, 0.2) is 0 Å².